The molecule has 1 aliphatic rings. The molecule has 0 aliphatic heterocycles. The van der Waals surface area contributed by atoms with Crippen LogP contribution in [-0.4, -0.2) is 39.7 Å². The van der Waals surface area contributed by atoms with Crippen LogP contribution >= 0.6 is 0 Å². The molecule has 1 saturated carbocycles. The molecule has 1 fully saturated rings. The Balaban J connectivity index is 1.69. The fourth-order valence-electron chi connectivity index (χ4n) is 2.02. The van der Waals surface area contributed by atoms with Crippen molar-refractivity contribution in [2.75, 3.05) is 6.54 Å². The van der Waals surface area contributed by atoms with Crippen LogP contribution in [0.25, 0.3) is 0 Å². The molecule has 0 unspecified atom stereocenters. The van der Waals surface area contributed by atoms with Crippen LogP contribution in [0.1, 0.15) is 31.4 Å². The molecule has 1 aliphatic carbocycles. The van der Waals surface area contributed by atoms with Gasteiger partial charge < -0.3 is 20.7 Å². The zero-order valence-electron chi connectivity index (χ0n) is 11.3. The van der Waals surface area contributed by atoms with Crippen LogP contribution in [0.2, 0.25) is 0 Å². The van der Waals surface area contributed by atoms with Crippen molar-refractivity contribution < 1.29 is 14.7 Å². The van der Waals surface area contributed by atoms with E-state index in [4.69, 9.17) is 5.11 Å². The minimum Gasteiger partial charge on any atom is -0.480 e. The van der Waals surface area contributed by atoms with Gasteiger partial charge in [0.15, 0.2) is 0 Å². The lowest BCUT2D eigenvalue weighted by Crippen LogP contribution is -2.47. The smallest absolute Gasteiger partial charge is 0.326 e. The highest BCUT2D eigenvalue weighted by Gasteiger charge is 2.22. The van der Waals surface area contributed by atoms with E-state index in [-0.39, 0.29) is 6.42 Å². The Morgan fingerprint density at radius 1 is 1.50 bits per heavy atom. The third kappa shape index (κ3) is 4.91. The molecule has 1 atom stereocenters. The van der Waals surface area contributed by atoms with E-state index in [1.54, 1.807) is 6.20 Å². The molecule has 0 bridgehead atoms. The SMILES string of the molecule is O=C(NCCCC1CC1)N[C@@H](Cc1cnc[nH]1)C(=O)O. The highest BCUT2D eigenvalue weighted by molar-refractivity contribution is 5.82. The summed E-state index contributed by atoms with van der Waals surface area (Å²) in [4.78, 5) is 29.4. The van der Waals surface area contributed by atoms with Crippen LogP contribution in [0.15, 0.2) is 12.5 Å². The van der Waals surface area contributed by atoms with Crippen molar-refractivity contribution in [1.82, 2.24) is 20.6 Å². The first-order valence-electron chi connectivity index (χ1n) is 6.89. The normalized spacial score (nSPS) is 15.6. The zero-order chi connectivity index (χ0) is 14.4. The second-order valence-electron chi connectivity index (χ2n) is 5.16. The fraction of sp³-hybridized carbons (Fsp3) is 0.615. The summed E-state index contributed by atoms with van der Waals surface area (Å²) in [5, 5.41) is 14.2. The number of carboxylic acid groups (broad SMARTS) is 1. The van der Waals surface area contributed by atoms with Gasteiger partial charge in [0.05, 0.1) is 6.33 Å². The van der Waals surface area contributed by atoms with Gasteiger partial charge in [-0.1, -0.05) is 12.8 Å². The Hall–Kier alpha value is -2.05. The summed E-state index contributed by atoms with van der Waals surface area (Å²) in [6.45, 7) is 0.582. The van der Waals surface area contributed by atoms with E-state index in [0.29, 0.717) is 12.2 Å². The van der Waals surface area contributed by atoms with E-state index >= 15 is 0 Å². The van der Waals surface area contributed by atoms with Gasteiger partial charge in [-0.05, 0) is 18.8 Å². The topological polar surface area (TPSA) is 107 Å². The van der Waals surface area contributed by atoms with Crippen molar-refractivity contribution in [2.24, 2.45) is 5.92 Å². The lowest BCUT2D eigenvalue weighted by Gasteiger charge is -2.14. The highest BCUT2D eigenvalue weighted by Crippen LogP contribution is 2.33. The molecule has 1 aromatic heterocycles. The number of aliphatic carboxylic acids is 1. The Bertz CT molecular complexity index is 442. The first kappa shape index (κ1) is 14.4. The summed E-state index contributed by atoms with van der Waals surface area (Å²) in [5.74, 6) is -0.222. The van der Waals surface area contributed by atoms with E-state index in [2.05, 4.69) is 20.6 Å². The molecule has 7 nitrogen and oxygen atoms in total. The van der Waals surface area contributed by atoms with Gasteiger partial charge in [-0.2, -0.15) is 0 Å². The maximum atomic E-state index is 11.6. The number of rotatable bonds is 8. The molecule has 0 radical (unpaired) electrons. The molecule has 4 N–H and O–H groups in total. The van der Waals surface area contributed by atoms with Crippen LogP contribution in [0.3, 0.4) is 0 Å². The Morgan fingerprint density at radius 3 is 2.90 bits per heavy atom. The van der Waals surface area contributed by atoms with Gasteiger partial charge in [0.2, 0.25) is 0 Å². The summed E-state index contributed by atoms with van der Waals surface area (Å²) in [5.41, 5.74) is 0.673. The van der Waals surface area contributed by atoms with E-state index < -0.39 is 18.0 Å². The molecule has 20 heavy (non-hydrogen) atoms. The molecule has 0 aromatic carbocycles. The summed E-state index contributed by atoms with van der Waals surface area (Å²) in [7, 11) is 0. The number of aromatic amines is 1. The quantitative estimate of drug-likeness (QED) is 0.530. The molecule has 7 heteroatoms. The Morgan fingerprint density at radius 2 is 2.30 bits per heavy atom. The van der Waals surface area contributed by atoms with Gasteiger partial charge in [0.1, 0.15) is 6.04 Å². The molecule has 1 heterocycles. The Labute approximate surface area is 117 Å². The van der Waals surface area contributed by atoms with Gasteiger partial charge in [-0.25, -0.2) is 14.6 Å². The number of carboxylic acids is 1. The summed E-state index contributed by atoms with van der Waals surface area (Å²) in [6, 6.07) is -1.40. The maximum absolute atomic E-state index is 11.6. The number of hydrogen-bond donors (Lipinski definition) is 4. The summed E-state index contributed by atoms with van der Waals surface area (Å²) in [6.07, 6.45) is 7.89. The molecular formula is C13H20N4O3. The van der Waals surface area contributed by atoms with Crippen molar-refractivity contribution in [1.29, 1.82) is 0 Å². The lowest BCUT2D eigenvalue weighted by molar-refractivity contribution is -0.139. The van der Waals surface area contributed by atoms with E-state index in [0.717, 1.165) is 18.8 Å². The number of urea groups is 1. The van der Waals surface area contributed by atoms with Crippen molar-refractivity contribution in [2.45, 2.75) is 38.1 Å². The van der Waals surface area contributed by atoms with Crippen molar-refractivity contribution in [3.63, 3.8) is 0 Å². The third-order valence-electron chi connectivity index (χ3n) is 3.35. The van der Waals surface area contributed by atoms with Crippen LogP contribution < -0.4 is 10.6 Å². The molecule has 110 valence electrons. The minimum atomic E-state index is -1.06. The number of carbonyl (C=O) groups is 2. The number of amides is 2. The second kappa shape index (κ2) is 6.93. The second-order valence-corrected chi connectivity index (χ2v) is 5.16. The molecule has 0 spiro atoms. The summed E-state index contributed by atoms with van der Waals surface area (Å²) < 4.78 is 0. The highest BCUT2D eigenvalue weighted by atomic mass is 16.4. The number of nitrogens with zero attached hydrogens (tertiary/aromatic N) is 1. The lowest BCUT2D eigenvalue weighted by atomic mass is 10.1. The van der Waals surface area contributed by atoms with Crippen LogP contribution in [-0.2, 0) is 11.2 Å². The van der Waals surface area contributed by atoms with E-state index in [9.17, 15) is 9.59 Å². The van der Waals surface area contributed by atoms with Crippen molar-refractivity contribution in [3.05, 3.63) is 18.2 Å². The molecule has 2 rings (SSSR count). The van der Waals surface area contributed by atoms with Gasteiger partial charge >= 0.3 is 12.0 Å². The predicted molar refractivity (Wildman–Crippen MR) is 72.2 cm³/mol. The standard InChI is InChI=1S/C13H20N4O3/c18-12(19)11(6-10-7-14-8-16-10)17-13(20)15-5-1-2-9-3-4-9/h7-9,11H,1-6H2,(H,14,16)(H,18,19)(H2,15,17,20)/t11-/m0/s1. The van der Waals surface area contributed by atoms with Crippen LogP contribution in [0.4, 0.5) is 4.79 Å². The molecular weight excluding hydrogens is 260 g/mol. The molecule has 1 aromatic rings. The first-order valence-corrected chi connectivity index (χ1v) is 6.89. The van der Waals surface area contributed by atoms with Crippen molar-refractivity contribution in [3.8, 4) is 0 Å². The average Bonchev–Trinajstić information content (AvgIpc) is 3.09. The van der Waals surface area contributed by atoms with E-state index in [1.807, 2.05) is 0 Å². The fourth-order valence-corrected chi connectivity index (χ4v) is 2.02. The minimum absolute atomic E-state index is 0.185. The van der Waals surface area contributed by atoms with Gasteiger partial charge in [-0.3, -0.25) is 0 Å². The monoisotopic (exact) mass is 280 g/mol. The zero-order valence-corrected chi connectivity index (χ0v) is 11.3. The largest absolute Gasteiger partial charge is 0.480 e. The average molecular weight is 280 g/mol. The number of aromatic nitrogens is 2. The number of hydrogen-bond acceptors (Lipinski definition) is 3. The van der Waals surface area contributed by atoms with Crippen LogP contribution in [0.5, 0.6) is 0 Å². The van der Waals surface area contributed by atoms with Gasteiger partial charge in [-0.15, -0.1) is 0 Å². The van der Waals surface area contributed by atoms with Crippen LogP contribution in [0, 0.1) is 5.92 Å². The van der Waals surface area contributed by atoms with Gasteiger partial charge in [0, 0.05) is 24.9 Å². The first-order chi connectivity index (χ1) is 9.65. The van der Waals surface area contributed by atoms with Gasteiger partial charge in [0.25, 0.3) is 0 Å². The number of H-pyrrole nitrogens is 1. The predicted octanol–water partition coefficient (Wildman–Crippen LogP) is 0.895. The number of nitrogens with one attached hydrogen (secondary N) is 3. The maximum Gasteiger partial charge on any atom is 0.326 e. The molecule has 2 amide bonds. The third-order valence-corrected chi connectivity index (χ3v) is 3.35. The van der Waals surface area contributed by atoms with Crippen molar-refractivity contribution >= 4 is 12.0 Å². The summed E-state index contributed by atoms with van der Waals surface area (Å²) >= 11 is 0. The number of carbonyl (C=O) groups excluding carboxylic acids is 1. The molecule has 0 saturated heterocycles. The Kier molecular flexibility index (Phi) is 4.97. The van der Waals surface area contributed by atoms with E-state index in [1.165, 1.54) is 19.2 Å². The number of imidazole rings is 1.